The molecule has 0 aromatic heterocycles. The first-order valence-electron chi connectivity index (χ1n) is 9.36. The third-order valence-corrected chi connectivity index (χ3v) is 6.25. The van der Waals surface area contributed by atoms with Crippen LogP contribution in [-0.4, -0.2) is 19.3 Å². The second-order valence-corrected chi connectivity index (χ2v) is 7.53. The highest BCUT2D eigenvalue weighted by Crippen LogP contribution is 2.52. The number of rotatable bonds is 0. The Bertz CT molecular complexity index is 1020. The second-order valence-electron chi connectivity index (χ2n) is 7.53. The first-order chi connectivity index (χ1) is 13.4. The van der Waals surface area contributed by atoms with Gasteiger partial charge in [-0.15, -0.1) is 0 Å². The zero-order valence-corrected chi connectivity index (χ0v) is 14.4. The lowest BCUT2D eigenvalue weighted by molar-refractivity contribution is 0.000761. The summed E-state index contributed by atoms with van der Waals surface area (Å²) in [5, 5.41) is 0. The average Bonchev–Trinajstić information content (AvgIpc) is 3.25. The van der Waals surface area contributed by atoms with Gasteiger partial charge in [0.1, 0.15) is 23.0 Å². The molecule has 0 aliphatic carbocycles. The summed E-state index contributed by atoms with van der Waals surface area (Å²) in [4.78, 5) is 0. The molecular weight excluding hydrogens is 339 g/mol. The first-order valence-corrected chi connectivity index (χ1v) is 9.36. The van der Waals surface area contributed by atoms with E-state index in [2.05, 4.69) is 24.3 Å². The molecule has 4 heterocycles. The number of benzene rings is 3. The van der Waals surface area contributed by atoms with Crippen molar-refractivity contribution in [3.05, 3.63) is 77.9 Å². The quantitative estimate of drug-likeness (QED) is 0.581. The lowest BCUT2D eigenvalue weighted by Gasteiger charge is -2.41. The molecule has 0 radical (unpaired) electrons. The smallest absolute Gasteiger partial charge is 0.242 e. The zero-order valence-electron chi connectivity index (χ0n) is 14.4. The number of ether oxygens (including phenoxy) is 4. The molecule has 7 rings (SSSR count). The molecule has 4 unspecified atom stereocenters. The van der Waals surface area contributed by atoms with Crippen molar-refractivity contribution in [2.24, 2.45) is 0 Å². The van der Waals surface area contributed by atoms with E-state index in [1.165, 1.54) is 11.1 Å². The molecule has 4 aliphatic rings. The third kappa shape index (κ3) is 1.70. The van der Waals surface area contributed by atoms with Crippen molar-refractivity contribution in [2.75, 3.05) is 0 Å². The Morgan fingerprint density at radius 2 is 0.963 bits per heavy atom. The lowest BCUT2D eigenvalue weighted by atomic mass is 9.27. The van der Waals surface area contributed by atoms with Gasteiger partial charge >= 0.3 is 0 Å². The third-order valence-electron chi connectivity index (χ3n) is 6.25. The molecule has 3 aromatic rings. The van der Waals surface area contributed by atoms with Gasteiger partial charge in [0, 0.05) is 17.1 Å². The van der Waals surface area contributed by atoms with Crippen molar-refractivity contribution in [2.45, 2.75) is 24.2 Å². The van der Waals surface area contributed by atoms with Gasteiger partial charge in [-0.25, -0.2) is 0 Å². The van der Waals surface area contributed by atoms with Crippen LogP contribution in [0.25, 0.3) is 0 Å². The van der Waals surface area contributed by atoms with Crippen LogP contribution in [0.5, 0.6) is 23.0 Å². The molecular formula is C22H15BO4. The molecule has 0 saturated heterocycles. The van der Waals surface area contributed by atoms with E-state index in [0.29, 0.717) is 0 Å². The molecule has 3 aromatic carbocycles. The summed E-state index contributed by atoms with van der Waals surface area (Å²) in [6.45, 7) is 0.181. The van der Waals surface area contributed by atoms with Gasteiger partial charge in [-0.1, -0.05) is 42.5 Å². The van der Waals surface area contributed by atoms with Crippen molar-refractivity contribution in [3.63, 3.8) is 0 Å². The SMILES string of the molecule is c1ccc2c(c1)OC1Oc3cccc4c3B(C21)C1c2ccccc2OC1O4. The Hall–Kier alpha value is -3.08. The standard InChI is InChI=1S/C22H15BO4/c1-3-8-14-12(6-1)18-21(24-14)26-16-10-5-11-17-20(16)23(18)19-13-7-2-4-9-15(13)25-22(19)27-17/h1-11,18-19,21-22H. The Balaban J connectivity index is 1.50. The molecule has 0 bridgehead atoms. The van der Waals surface area contributed by atoms with Crippen LogP contribution in [0.2, 0.25) is 0 Å². The van der Waals surface area contributed by atoms with Gasteiger partial charge in [-0.05, 0) is 35.4 Å². The Morgan fingerprint density at radius 3 is 1.52 bits per heavy atom. The fourth-order valence-corrected chi connectivity index (χ4v) is 5.23. The largest absolute Gasteiger partial charge is 0.455 e. The topological polar surface area (TPSA) is 36.9 Å². The van der Waals surface area contributed by atoms with Gasteiger partial charge < -0.3 is 18.9 Å². The highest BCUT2D eigenvalue weighted by molar-refractivity contribution is 6.78. The molecule has 0 saturated carbocycles. The van der Waals surface area contributed by atoms with Crippen LogP contribution in [0.15, 0.2) is 66.7 Å². The van der Waals surface area contributed by atoms with E-state index in [4.69, 9.17) is 18.9 Å². The average molecular weight is 354 g/mol. The van der Waals surface area contributed by atoms with E-state index in [1.54, 1.807) is 0 Å². The zero-order chi connectivity index (χ0) is 17.5. The van der Waals surface area contributed by atoms with Gasteiger partial charge in [-0.3, -0.25) is 0 Å². The Morgan fingerprint density at radius 1 is 0.519 bits per heavy atom. The summed E-state index contributed by atoms with van der Waals surface area (Å²) >= 11 is 0. The second kappa shape index (κ2) is 4.80. The summed E-state index contributed by atoms with van der Waals surface area (Å²) in [5.74, 6) is 3.76. The predicted molar refractivity (Wildman–Crippen MR) is 100 cm³/mol. The minimum Gasteiger partial charge on any atom is -0.455 e. The van der Waals surface area contributed by atoms with Crippen molar-refractivity contribution in [3.8, 4) is 23.0 Å². The molecule has 4 aliphatic heterocycles. The minimum absolute atomic E-state index is 0.112. The maximum Gasteiger partial charge on any atom is 0.242 e. The van der Waals surface area contributed by atoms with Gasteiger partial charge in [0.25, 0.3) is 0 Å². The van der Waals surface area contributed by atoms with Crippen LogP contribution in [0.3, 0.4) is 0 Å². The molecule has 0 N–H and O–H groups in total. The molecule has 27 heavy (non-hydrogen) atoms. The van der Waals surface area contributed by atoms with Crippen molar-refractivity contribution >= 4 is 12.2 Å². The minimum atomic E-state index is -0.318. The van der Waals surface area contributed by atoms with Crippen LogP contribution < -0.4 is 24.4 Å². The van der Waals surface area contributed by atoms with E-state index in [-0.39, 0.29) is 30.9 Å². The summed E-state index contributed by atoms with van der Waals surface area (Å²) in [6.07, 6.45) is -0.636. The maximum atomic E-state index is 6.28. The van der Waals surface area contributed by atoms with E-state index in [1.807, 2.05) is 42.5 Å². The maximum absolute atomic E-state index is 6.28. The number of hydrogen-bond donors (Lipinski definition) is 0. The molecule has 0 amide bonds. The fourth-order valence-electron chi connectivity index (χ4n) is 5.23. The summed E-state index contributed by atoms with van der Waals surface area (Å²) in [5.41, 5.74) is 3.55. The molecule has 0 spiro atoms. The Kier molecular flexibility index (Phi) is 2.50. The van der Waals surface area contributed by atoms with Gasteiger partial charge in [0.05, 0.1) is 0 Å². The molecule has 4 atom stereocenters. The van der Waals surface area contributed by atoms with Crippen LogP contribution >= 0.6 is 0 Å². The van der Waals surface area contributed by atoms with Gasteiger partial charge in [0.2, 0.25) is 19.3 Å². The van der Waals surface area contributed by atoms with Crippen LogP contribution in [0.1, 0.15) is 22.8 Å². The van der Waals surface area contributed by atoms with Crippen molar-refractivity contribution in [1.82, 2.24) is 0 Å². The van der Waals surface area contributed by atoms with Gasteiger partial charge in [-0.2, -0.15) is 0 Å². The molecule has 4 nitrogen and oxygen atoms in total. The highest BCUT2D eigenvalue weighted by Gasteiger charge is 2.59. The highest BCUT2D eigenvalue weighted by atomic mass is 16.7. The molecule has 5 heteroatoms. The van der Waals surface area contributed by atoms with E-state index < -0.39 is 0 Å². The molecule has 0 fully saturated rings. The summed E-state index contributed by atoms with van der Waals surface area (Å²) < 4.78 is 24.9. The number of fused-ring (bicyclic) bond motifs is 8. The number of hydrogen-bond acceptors (Lipinski definition) is 4. The van der Waals surface area contributed by atoms with Crippen molar-refractivity contribution in [1.29, 1.82) is 0 Å². The fraction of sp³-hybridized carbons (Fsp3) is 0.182. The molecule has 130 valence electrons. The van der Waals surface area contributed by atoms with E-state index >= 15 is 0 Å². The predicted octanol–water partition coefficient (Wildman–Crippen LogP) is 3.26. The first kappa shape index (κ1) is 14.0. The van der Waals surface area contributed by atoms with Gasteiger partial charge in [0.15, 0.2) is 0 Å². The number of para-hydroxylation sites is 2. The van der Waals surface area contributed by atoms with E-state index in [9.17, 15) is 0 Å². The summed E-state index contributed by atoms with van der Waals surface area (Å²) in [7, 11) is 0. The lowest BCUT2D eigenvalue weighted by Crippen LogP contribution is -2.58. The van der Waals surface area contributed by atoms with Crippen LogP contribution in [-0.2, 0) is 0 Å². The van der Waals surface area contributed by atoms with Crippen LogP contribution in [0.4, 0.5) is 0 Å². The van der Waals surface area contributed by atoms with E-state index in [0.717, 1.165) is 28.5 Å². The Labute approximate surface area is 156 Å². The monoisotopic (exact) mass is 354 g/mol. The van der Waals surface area contributed by atoms with Crippen molar-refractivity contribution < 1.29 is 18.9 Å². The normalized spacial score (nSPS) is 27.6. The summed E-state index contributed by atoms with van der Waals surface area (Å²) in [6, 6.07) is 22.5. The van der Waals surface area contributed by atoms with Crippen LogP contribution in [0, 0.1) is 0 Å².